The van der Waals surface area contributed by atoms with Gasteiger partial charge < -0.3 is 20.6 Å². The van der Waals surface area contributed by atoms with E-state index in [1.165, 1.54) is 12.0 Å². The summed E-state index contributed by atoms with van der Waals surface area (Å²) >= 11 is 0. The molecule has 1 atom stereocenters. The highest BCUT2D eigenvalue weighted by Crippen LogP contribution is 2.13. The maximum atomic E-state index is 9.72. The minimum absolute atomic E-state index is 0. The highest BCUT2D eigenvalue weighted by molar-refractivity contribution is 14.0. The summed E-state index contributed by atoms with van der Waals surface area (Å²) in [5, 5.41) is 16.5. The molecule has 2 aromatic rings. The van der Waals surface area contributed by atoms with E-state index in [0.717, 1.165) is 63.8 Å². The van der Waals surface area contributed by atoms with Crippen molar-refractivity contribution in [3.8, 4) is 0 Å². The van der Waals surface area contributed by atoms with Crippen molar-refractivity contribution in [1.82, 2.24) is 20.4 Å². The molecule has 3 rings (SSSR count). The van der Waals surface area contributed by atoms with Crippen LogP contribution in [0.2, 0.25) is 0 Å². The summed E-state index contributed by atoms with van der Waals surface area (Å²) in [7, 11) is 1.79. The number of benzene rings is 2. The van der Waals surface area contributed by atoms with Gasteiger partial charge in [0.2, 0.25) is 0 Å². The van der Waals surface area contributed by atoms with Gasteiger partial charge in [0.15, 0.2) is 5.96 Å². The molecule has 1 aliphatic heterocycles. The normalized spacial score (nSPS) is 16.1. The summed E-state index contributed by atoms with van der Waals surface area (Å²) in [5.74, 6) is 0.865. The Balaban J connectivity index is 0.00000385. The molecule has 1 aliphatic rings. The number of guanidine groups is 1. The van der Waals surface area contributed by atoms with E-state index in [4.69, 9.17) is 0 Å². The van der Waals surface area contributed by atoms with Gasteiger partial charge in [0.1, 0.15) is 0 Å². The summed E-state index contributed by atoms with van der Waals surface area (Å²) in [6.07, 6.45) is 2.30. The van der Waals surface area contributed by atoms with Gasteiger partial charge in [-0.15, -0.1) is 24.0 Å². The fourth-order valence-corrected chi connectivity index (χ4v) is 4.13. The first-order valence-electron chi connectivity index (χ1n) is 11.9. The molecule has 0 radical (unpaired) electrons. The van der Waals surface area contributed by atoms with Crippen LogP contribution in [0.5, 0.6) is 0 Å². The topological polar surface area (TPSA) is 63.1 Å². The first kappa shape index (κ1) is 27.6. The molecule has 1 saturated heterocycles. The highest BCUT2D eigenvalue weighted by Gasteiger charge is 2.16. The van der Waals surface area contributed by atoms with Crippen LogP contribution in [-0.2, 0) is 6.54 Å². The predicted octanol–water partition coefficient (Wildman–Crippen LogP) is 3.14. The standard InChI is InChI=1S/C26H39N5O.HI/c1-27-26(29-20-25(22-32)24-12-6-3-7-13-24)28-14-8-9-15-30-16-18-31(19-17-30)21-23-10-4-2-5-11-23;/h2-7,10-13,25,32H,8-9,14-22H2,1H3,(H2,27,28,29);1H. The van der Waals surface area contributed by atoms with Gasteiger partial charge in [-0.25, -0.2) is 0 Å². The second-order valence-electron chi connectivity index (χ2n) is 8.48. The summed E-state index contributed by atoms with van der Waals surface area (Å²) in [5.41, 5.74) is 2.55. The molecule has 1 unspecified atom stereocenters. The minimum Gasteiger partial charge on any atom is -0.396 e. The molecule has 6 nitrogen and oxygen atoms in total. The predicted molar refractivity (Wildman–Crippen MR) is 148 cm³/mol. The molecule has 0 saturated carbocycles. The molecule has 1 fully saturated rings. The largest absolute Gasteiger partial charge is 0.396 e. The van der Waals surface area contributed by atoms with Crippen molar-refractivity contribution >= 4 is 29.9 Å². The Labute approximate surface area is 216 Å². The molecule has 1 heterocycles. The van der Waals surface area contributed by atoms with Crippen LogP contribution < -0.4 is 10.6 Å². The van der Waals surface area contributed by atoms with Crippen molar-refractivity contribution in [2.45, 2.75) is 25.3 Å². The molecule has 0 spiro atoms. The van der Waals surface area contributed by atoms with E-state index < -0.39 is 0 Å². The lowest BCUT2D eigenvalue weighted by Gasteiger charge is -2.34. The zero-order chi connectivity index (χ0) is 22.4. The van der Waals surface area contributed by atoms with E-state index >= 15 is 0 Å². The Kier molecular flexibility index (Phi) is 13.4. The molecule has 0 amide bonds. The van der Waals surface area contributed by atoms with Crippen molar-refractivity contribution in [3.05, 3.63) is 71.8 Å². The van der Waals surface area contributed by atoms with Crippen molar-refractivity contribution in [1.29, 1.82) is 0 Å². The first-order valence-corrected chi connectivity index (χ1v) is 11.9. The van der Waals surface area contributed by atoms with E-state index in [9.17, 15) is 5.11 Å². The Morgan fingerprint density at radius 1 is 0.909 bits per heavy atom. The summed E-state index contributed by atoms with van der Waals surface area (Å²) in [4.78, 5) is 9.45. The maximum Gasteiger partial charge on any atom is 0.190 e. The van der Waals surface area contributed by atoms with Gasteiger partial charge in [-0.2, -0.15) is 0 Å². The lowest BCUT2D eigenvalue weighted by molar-refractivity contribution is 0.126. The van der Waals surface area contributed by atoms with Gasteiger partial charge in [-0.05, 0) is 30.5 Å². The van der Waals surface area contributed by atoms with Gasteiger partial charge in [0.05, 0.1) is 6.61 Å². The molecular weight excluding hydrogens is 525 g/mol. The van der Waals surface area contributed by atoms with Gasteiger partial charge in [0, 0.05) is 58.8 Å². The van der Waals surface area contributed by atoms with E-state index in [2.05, 4.69) is 67.9 Å². The second-order valence-corrected chi connectivity index (χ2v) is 8.48. The number of aliphatic hydroxyl groups is 1. The third-order valence-corrected chi connectivity index (χ3v) is 6.14. The summed E-state index contributed by atoms with van der Waals surface area (Å²) in [6, 6.07) is 20.9. The average Bonchev–Trinajstić information content (AvgIpc) is 2.85. The van der Waals surface area contributed by atoms with Crippen LogP contribution in [-0.4, -0.2) is 80.3 Å². The van der Waals surface area contributed by atoms with Gasteiger partial charge in [-0.1, -0.05) is 60.7 Å². The van der Waals surface area contributed by atoms with Crippen LogP contribution in [0.1, 0.15) is 29.9 Å². The first-order chi connectivity index (χ1) is 15.8. The maximum absolute atomic E-state index is 9.72. The number of halogens is 1. The monoisotopic (exact) mass is 565 g/mol. The van der Waals surface area contributed by atoms with Crippen molar-refractivity contribution in [2.24, 2.45) is 4.99 Å². The number of aliphatic imine (C=N–C) groups is 1. The van der Waals surface area contributed by atoms with Crippen molar-refractivity contribution < 1.29 is 5.11 Å². The fourth-order valence-electron chi connectivity index (χ4n) is 4.13. The van der Waals surface area contributed by atoms with E-state index in [1.54, 1.807) is 7.05 Å². The number of nitrogens with one attached hydrogen (secondary N) is 2. The van der Waals surface area contributed by atoms with Crippen LogP contribution in [0.3, 0.4) is 0 Å². The molecule has 3 N–H and O–H groups in total. The lowest BCUT2D eigenvalue weighted by Crippen LogP contribution is -2.46. The van der Waals surface area contributed by atoms with Crippen LogP contribution in [0.25, 0.3) is 0 Å². The number of piperazine rings is 1. The molecule has 7 heteroatoms. The van der Waals surface area contributed by atoms with Gasteiger partial charge in [0.25, 0.3) is 0 Å². The van der Waals surface area contributed by atoms with E-state index in [1.807, 2.05) is 18.2 Å². The van der Waals surface area contributed by atoms with Crippen molar-refractivity contribution in [3.63, 3.8) is 0 Å². The molecule has 0 aliphatic carbocycles. The number of aliphatic hydroxyl groups excluding tert-OH is 1. The van der Waals surface area contributed by atoms with Crippen LogP contribution >= 0.6 is 24.0 Å². The minimum atomic E-state index is 0. The Hall–Kier alpha value is -1.68. The average molecular weight is 566 g/mol. The Bertz CT molecular complexity index is 782. The van der Waals surface area contributed by atoms with E-state index in [0.29, 0.717) is 6.54 Å². The molecule has 2 aromatic carbocycles. The fraction of sp³-hybridized carbons (Fsp3) is 0.500. The van der Waals surface area contributed by atoms with Crippen LogP contribution in [0, 0.1) is 0 Å². The summed E-state index contributed by atoms with van der Waals surface area (Å²) < 4.78 is 0. The van der Waals surface area contributed by atoms with Crippen LogP contribution in [0.15, 0.2) is 65.7 Å². The second kappa shape index (κ2) is 16.0. The molecule has 182 valence electrons. The number of rotatable bonds is 11. The SMILES string of the molecule is CN=C(NCCCCN1CCN(Cc2ccccc2)CC1)NCC(CO)c1ccccc1.I. The lowest BCUT2D eigenvalue weighted by atomic mass is 10.0. The van der Waals surface area contributed by atoms with Gasteiger partial charge >= 0.3 is 0 Å². The third kappa shape index (κ3) is 10.00. The third-order valence-electron chi connectivity index (χ3n) is 6.14. The molecule has 0 bridgehead atoms. The smallest absolute Gasteiger partial charge is 0.190 e. The quantitative estimate of drug-likeness (QED) is 0.169. The van der Waals surface area contributed by atoms with Crippen LogP contribution in [0.4, 0.5) is 0 Å². The van der Waals surface area contributed by atoms with Gasteiger partial charge in [-0.3, -0.25) is 9.89 Å². The summed E-state index contributed by atoms with van der Waals surface area (Å²) in [6.45, 7) is 8.52. The molecule has 33 heavy (non-hydrogen) atoms. The number of nitrogens with zero attached hydrogens (tertiary/aromatic N) is 3. The molecule has 0 aromatic heterocycles. The zero-order valence-corrected chi connectivity index (χ0v) is 22.2. The van der Waals surface area contributed by atoms with E-state index in [-0.39, 0.29) is 36.5 Å². The number of hydrogen-bond donors (Lipinski definition) is 3. The number of hydrogen-bond acceptors (Lipinski definition) is 4. The number of unbranched alkanes of at least 4 members (excludes halogenated alkanes) is 1. The zero-order valence-electron chi connectivity index (χ0n) is 19.8. The molecular formula is C26H40IN5O. The Morgan fingerprint density at radius 3 is 2.18 bits per heavy atom. The van der Waals surface area contributed by atoms with Crippen molar-refractivity contribution in [2.75, 3.05) is 59.5 Å². The highest BCUT2D eigenvalue weighted by atomic mass is 127. The Morgan fingerprint density at radius 2 is 1.55 bits per heavy atom.